The third-order valence-electron chi connectivity index (χ3n) is 3.41. The third-order valence-corrected chi connectivity index (χ3v) is 7.20. The van der Waals surface area contributed by atoms with E-state index in [1.165, 1.54) is 24.5 Å². The second-order valence-electron chi connectivity index (χ2n) is 5.31. The lowest BCUT2D eigenvalue weighted by Gasteiger charge is -2.25. The number of rotatable bonds is 7. The van der Waals surface area contributed by atoms with Gasteiger partial charge in [0.1, 0.15) is 5.76 Å². The standard InChI is InChI=1S/C15H15N3O5S3/c1-10(19)18-14-16-8-13(25-14)26(21,22)17-9-15(20,11-4-2-6-23-11)12-5-3-7-24-12/h2-8,17,20H,9H2,1H3,(H,16,18,19). The molecular weight excluding hydrogens is 398 g/mol. The van der Waals surface area contributed by atoms with E-state index in [2.05, 4.69) is 15.0 Å². The highest BCUT2D eigenvalue weighted by Gasteiger charge is 2.37. The normalized spacial score (nSPS) is 14.1. The van der Waals surface area contributed by atoms with Crippen LogP contribution in [0.1, 0.15) is 17.6 Å². The van der Waals surface area contributed by atoms with Crippen LogP contribution in [-0.4, -0.2) is 31.0 Å². The fourth-order valence-corrected chi connectivity index (χ4v) is 5.20. The molecule has 8 nitrogen and oxygen atoms in total. The maximum absolute atomic E-state index is 12.5. The monoisotopic (exact) mass is 413 g/mol. The number of aliphatic hydroxyl groups is 1. The zero-order valence-electron chi connectivity index (χ0n) is 13.5. The summed E-state index contributed by atoms with van der Waals surface area (Å²) in [5.41, 5.74) is -1.64. The Labute approximate surface area is 157 Å². The largest absolute Gasteiger partial charge is 0.466 e. The van der Waals surface area contributed by atoms with E-state index < -0.39 is 15.6 Å². The summed E-state index contributed by atoms with van der Waals surface area (Å²) < 4.78 is 32.7. The SMILES string of the molecule is CC(=O)Nc1ncc(S(=O)(=O)NCC(O)(c2ccco2)c2cccs2)s1. The van der Waals surface area contributed by atoms with Crippen molar-refractivity contribution in [2.45, 2.75) is 16.7 Å². The number of anilines is 1. The van der Waals surface area contributed by atoms with Crippen LogP contribution in [0.25, 0.3) is 0 Å². The molecule has 1 atom stereocenters. The molecule has 3 heterocycles. The van der Waals surface area contributed by atoms with Gasteiger partial charge in [0.05, 0.1) is 19.0 Å². The maximum Gasteiger partial charge on any atom is 0.251 e. The first-order valence-corrected chi connectivity index (χ1v) is 10.5. The predicted octanol–water partition coefficient (Wildman–Crippen LogP) is 1.97. The lowest BCUT2D eigenvalue weighted by Crippen LogP contribution is -2.40. The number of thiophene rings is 1. The number of hydrogen-bond acceptors (Lipinski definition) is 8. The number of sulfonamides is 1. The molecule has 3 aromatic heterocycles. The Morgan fingerprint density at radius 3 is 2.81 bits per heavy atom. The molecule has 0 aliphatic heterocycles. The van der Waals surface area contributed by atoms with Crippen LogP contribution in [0.4, 0.5) is 5.13 Å². The zero-order chi connectivity index (χ0) is 18.8. The Hall–Kier alpha value is -2.05. The van der Waals surface area contributed by atoms with E-state index in [1.807, 2.05) is 0 Å². The molecule has 0 saturated heterocycles. The van der Waals surface area contributed by atoms with Crippen molar-refractivity contribution in [2.24, 2.45) is 0 Å². The molecule has 0 saturated carbocycles. The van der Waals surface area contributed by atoms with Crippen LogP contribution in [0.2, 0.25) is 0 Å². The topological polar surface area (TPSA) is 122 Å². The van der Waals surface area contributed by atoms with E-state index in [1.54, 1.807) is 29.6 Å². The molecule has 1 amide bonds. The van der Waals surface area contributed by atoms with E-state index in [4.69, 9.17) is 4.42 Å². The van der Waals surface area contributed by atoms with Crippen molar-refractivity contribution in [2.75, 3.05) is 11.9 Å². The molecule has 0 fully saturated rings. The molecule has 3 aromatic rings. The van der Waals surface area contributed by atoms with Crippen molar-refractivity contribution in [3.8, 4) is 0 Å². The Balaban J connectivity index is 1.83. The van der Waals surface area contributed by atoms with Crippen molar-refractivity contribution < 1.29 is 22.7 Å². The number of aromatic nitrogens is 1. The number of amides is 1. The Morgan fingerprint density at radius 2 is 2.19 bits per heavy atom. The van der Waals surface area contributed by atoms with Gasteiger partial charge in [0.2, 0.25) is 5.91 Å². The van der Waals surface area contributed by atoms with Crippen LogP contribution < -0.4 is 10.0 Å². The predicted molar refractivity (Wildman–Crippen MR) is 97.6 cm³/mol. The number of nitrogens with zero attached hydrogens (tertiary/aromatic N) is 1. The summed E-state index contributed by atoms with van der Waals surface area (Å²) >= 11 is 2.10. The van der Waals surface area contributed by atoms with E-state index in [0.29, 0.717) is 4.88 Å². The maximum atomic E-state index is 12.5. The summed E-state index contributed by atoms with van der Waals surface area (Å²) in [7, 11) is -3.93. The van der Waals surface area contributed by atoms with Crippen molar-refractivity contribution in [3.63, 3.8) is 0 Å². The van der Waals surface area contributed by atoms with Gasteiger partial charge in [0.15, 0.2) is 14.9 Å². The Morgan fingerprint density at radius 1 is 1.38 bits per heavy atom. The minimum atomic E-state index is -3.93. The molecular formula is C15H15N3O5S3. The van der Waals surface area contributed by atoms with Crippen LogP contribution in [-0.2, 0) is 20.4 Å². The van der Waals surface area contributed by atoms with Gasteiger partial charge in [-0.05, 0) is 23.6 Å². The molecule has 11 heteroatoms. The van der Waals surface area contributed by atoms with Gasteiger partial charge < -0.3 is 14.8 Å². The number of carbonyl (C=O) groups excluding carboxylic acids is 1. The number of carbonyl (C=O) groups is 1. The summed E-state index contributed by atoms with van der Waals surface area (Å²) in [4.78, 5) is 15.4. The zero-order valence-corrected chi connectivity index (χ0v) is 16.0. The number of furan rings is 1. The lowest BCUT2D eigenvalue weighted by atomic mass is 9.99. The van der Waals surface area contributed by atoms with E-state index in [-0.39, 0.29) is 27.6 Å². The molecule has 0 bridgehead atoms. The van der Waals surface area contributed by atoms with E-state index in [0.717, 1.165) is 17.5 Å². The average molecular weight is 414 g/mol. The van der Waals surface area contributed by atoms with Crippen LogP contribution in [0.5, 0.6) is 0 Å². The van der Waals surface area contributed by atoms with Crippen LogP contribution >= 0.6 is 22.7 Å². The molecule has 3 N–H and O–H groups in total. The summed E-state index contributed by atoms with van der Waals surface area (Å²) in [5, 5.41) is 15.5. The van der Waals surface area contributed by atoms with Gasteiger partial charge >= 0.3 is 0 Å². The van der Waals surface area contributed by atoms with Gasteiger partial charge in [-0.2, -0.15) is 0 Å². The lowest BCUT2D eigenvalue weighted by molar-refractivity contribution is -0.114. The van der Waals surface area contributed by atoms with Crippen molar-refractivity contribution >= 4 is 43.7 Å². The van der Waals surface area contributed by atoms with Crippen molar-refractivity contribution in [1.29, 1.82) is 0 Å². The van der Waals surface area contributed by atoms with Gasteiger partial charge in [-0.3, -0.25) is 4.79 Å². The van der Waals surface area contributed by atoms with Crippen LogP contribution in [0.3, 0.4) is 0 Å². The van der Waals surface area contributed by atoms with E-state index >= 15 is 0 Å². The number of thiazole rings is 1. The fourth-order valence-electron chi connectivity index (χ4n) is 2.19. The molecule has 138 valence electrons. The highest BCUT2D eigenvalue weighted by Crippen LogP contribution is 2.33. The minimum Gasteiger partial charge on any atom is -0.466 e. The van der Waals surface area contributed by atoms with Crippen molar-refractivity contribution in [1.82, 2.24) is 9.71 Å². The first kappa shape index (κ1) is 18.7. The minimum absolute atomic E-state index is 0.0748. The molecule has 1 unspecified atom stereocenters. The smallest absolute Gasteiger partial charge is 0.251 e. The summed E-state index contributed by atoms with van der Waals surface area (Å²) in [6, 6.07) is 6.65. The van der Waals surface area contributed by atoms with Crippen LogP contribution in [0, 0.1) is 0 Å². The highest BCUT2D eigenvalue weighted by molar-refractivity contribution is 7.91. The number of nitrogens with one attached hydrogen (secondary N) is 2. The van der Waals surface area contributed by atoms with Crippen LogP contribution in [0.15, 0.2) is 50.7 Å². The summed E-state index contributed by atoms with van der Waals surface area (Å²) in [6.07, 6.45) is 2.56. The third kappa shape index (κ3) is 3.86. The number of hydrogen-bond donors (Lipinski definition) is 3. The molecule has 3 rings (SSSR count). The van der Waals surface area contributed by atoms with Gasteiger partial charge in [0, 0.05) is 11.8 Å². The van der Waals surface area contributed by atoms with E-state index in [9.17, 15) is 18.3 Å². The second kappa shape index (κ2) is 7.29. The molecule has 0 radical (unpaired) electrons. The average Bonchev–Trinajstić information content (AvgIpc) is 3.33. The van der Waals surface area contributed by atoms with Gasteiger partial charge in [-0.15, -0.1) is 11.3 Å². The van der Waals surface area contributed by atoms with Gasteiger partial charge in [0.25, 0.3) is 10.0 Å². The molecule has 0 aliphatic carbocycles. The van der Waals surface area contributed by atoms with Gasteiger partial charge in [-0.1, -0.05) is 17.4 Å². The van der Waals surface area contributed by atoms with Gasteiger partial charge in [-0.25, -0.2) is 18.1 Å². The molecule has 0 aliphatic rings. The van der Waals surface area contributed by atoms with Crippen molar-refractivity contribution in [3.05, 3.63) is 52.7 Å². The molecule has 0 spiro atoms. The summed E-state index contributed by atoms with van der Waals surface area (Å²) in [5.74, 6) is -0.118. The Kier molecular flexibility index (Phi) is 5.25. The summed E-state index contributed by atoms with van der Waals surface area (Å²) in [6.45, 7) is 0.981. The second-order valence-corrected chi connectivity index (χ2v) is 9.28. The first-order chi connectivity index (χ1) is 12.3. The highest BCUT2D eigenvalue weighted by atomic mass is 32.2. The first-order valence-electron chi connectivity index (χ1n) is 7.35. The Bertz CT molecular complexity index is 944. The quantitative estimate of drug-likeness (QED) is 0.544. The molecule has 0 aromatic carbocycles. The molecule has 26 heavy (non-hydrogen) atoms. The fraction of sp³-hybridized carbons (Fsp3) is 0.200.